The highest BCUT2D eigenvalue weighted by atomic mass is 79.9. The monoisotopic (exact) mass is 373 g/mol. The van der Waals surface area contributed by atoms with Crippen molar-refractivity contribution in [1.82, 2.24) is 5.32 Å². The topological polar surface area (TPSA) is 47.6 Å². The molecule has 2 heterocycles. The van der Waals surface area contributed by atoms with Crippen molar-refractivity contribution in [1.29, 1.82) is 0 Å². The Morgan fingerprint density at radius 2 is 2.25 bits per heavy atom. The maximum atomic E-state index is 12.1. The summed E-state index contributed by atoms with van der Waals surface area (Å²) in [7, 11) is 0. The summed E-state index contributed by atoms with van der Waals surface area (Å²) in [6.07, 6.45) is 0. The molecule has 0 fully saturated rings. The highest BCUT2D eigenvalue weighted by molar-refractivity contribution is 9.10. The molecule has 7 heteroatoms. The third kappa shape index (κ3) is 2.77. The molecule has 0 unspecified atom stereocenters. The van der Waals surface area contributed by atoms with Crippen molar-refractivity contribution < 1.29 is 14.3 Å². The molecule has 0 bridgehead atoms. The Kier molecular flexibility index (Phi) is 3.87. The lowest BCUT2D eigenvalue weighted by molar-refractivity contribution is 0.0951. The minimum Gasteiger partial charge on any atom is -0.454 e. The molecule has 0 atom stereocenters. The number of amides is 1. The quantitative estimate of drug-likeness (QED) is 0.888. The summed E-state index contributed by atoms with van der Waals surface area (Å²) >= 11 is 11.0. The van der Waals surface area contributed by atoms with E-state index in [0.29, 0.717) is 28.6 Å². The molecule has 3 rings (SSSR count). The molecule has 2 aromatic rings. The van der Waals surface area contributed by atoms with Crippen LogP contribution in [0.1, 0.15) is 15.2 Å². The van der Waals surface area contributed by atoms with Crippen LogP contribution < -0.4 is 14.8 Å². The lowest BCUT2D eigenvalue weighted by Gasteiger charge is -2.06. The van der Waals surface area contributed by atoms with Crippen LogP contribution in [0.4, 0.5) is 0 Å². The number of rotatable bonds is 3. The molecular formula is C13H9BrClNO3S. The molecule has 1 aliphatic rings. The second-order valence-electron chi connectivity index (χ2n) is 4.11. The van der Waals surface area contributed by atoms with Crippen molar-refractivity contribution in [3.05, 3.63) is 43.5 Å². The van der Waals surface area contributed by atoms with Crippen LogP contribution in [0.2, 0.25) is 5.02 Å². The Balaban J connectivity index is 1.73. The van der Waals surface area contributed by atoms with Gasteiger partial charge in [-0.2, -0.15) is 0 Å². The molecule has 1 aromatic heterocycles. The molecule has 0 saturated heterocycles. The molecule has 0 spiro atoms. The molecule has 1 aromatic carbocycles. The van der Waals surface area contributed by atoms with Gasteiger partial charge in [-0.05, 0) is 34.1 Å². The van der Waals surface area contributed by atoms with Gasteiger partial charge in [0.2, 0.25) is 6.79 Å². The van der Waals surface area contributed by atoms with E-state index in [-0.39, 0.29) is 12.7 Å². The zero-order chi connectivity index (χ0) is 14.1. The van der Waals surface area contributed by atoms with Gasteiger partial charge in [-0.1, -0.05) is 11.6 Å². The Labute approximate surface area is 132 Å². The Morgan fingerprint density at radius 1 is 1.40 bits per heavy atom. The third-order valence-corrected chi connectivity index (χ3v) is 4.71. The fourth-order valence-corrected chi connectivity index (χ4v) is 3.47. The van der Waals surface area contributed by atoms with Crippen molar-refractivity contribution in [3.63, 3.8) is 0 Å². The summed E-state index contributed by atoms with van der Waals surface area (Å²) in [5, 5.41) is 5.19. The number of fused-ring (bicyclic) bond motifs is 1. The molecule has 1 aliphatic heterocycles. The average Bonchev–Trinajstić information content (AvgIpc) is 3.04. The first-order chi connectivity index (χ1) is 9.63. The number of halogens is 2. The molecule has 20 heavy (non-hydrogen) atoms. The summed E-state index contributed by atoms with van der Waals surface area (Å²) in [4.78, 5) is 13.2. The molecule has 1 amide bonds. The van der Waals surface area contributed by atoms with Crippen LogP contribution in [0.5, 0.6) is 11.5 Å². The smallest absolute Gasteiger partial charge is 0.251 e. The van der Waals surface area contributed by atoms with Crippen molar-refractivity contribution in [2.45, 2.75) is 6.54 Å². The first kappa shape index (κ1) is 13.7. The number of ether oxygens (including phenoxy) is 2. The maximum absolute atomic E-state index is 12.1. The normalized spacial score (nSPS) is 12.5. The van der Waals surface area contributed by atoms with Crippen LogP contribution in [0, 0.1) is 0 Å². The Bertz CT molecular complexity index is 674. The van der Waals surface area contributed by atoms with E-state index >= 15 is 0 Å². The molecule has 0 saturated carbocycles. The summed E-state index contributed by atoms with van der Waals surface area (Å²) in [6, 6.07) is 5.18. The summed E-state index contributed by atoms with van der Waals surface area (Å²) in [6.45, 7) is 0.602. The van der Waals surface area contributed by atoms with Crippen LogP contribution in [0.3, 0.4) is 0 Å². The number of carbonyl (C=O) groups is 1. The summed E-state index contributed by atoms with van der Waals surface area (Å²) < 4.78 is 11.5. The second-order valence-corrected chi connectivity index (χ2v) is 6.42. The van der Waals surface area contributed by atoms with Crippen LogP contribution in [0.25, 0.3) is 0 Å². The van der Waals surface area contributed by atoms with Crippen molar-refractivity contribution >= 4 is 44.8 Å². The lowest BCUT2D eigenvalue weighted by atomic mass is 10.2. The van der Waals surface area contributed by atoms with E-state index in [2.05, 4.69) is 21.2 Å². The zero-order valence-electron chi connectivity index (χ0n) is 10.1. The van der Waals surface area contributed by atoms with E-state index in [1.807, 2.05) is 11.4 Å². The van der Waals surface area contributed by atoms with E-state index in [1.54, 1.807) is 23.5 Å². The first-order valence-corrected chi connectivity index (χ1v) is 7.79. The minimum atomic E-state index is -0.199. The SMILES string of the molecule is O=C(NCc1cc(Br)cs1)c1cc(Cl)c2c(c1)OCO2. The van der Waals surface area contributed by atoms with E-state index in [4.69, 9.17) is 21.1 Å². The molecule has 1 N–H and O–H groups in total. The van der Waals surface area contributed by atoms with E-state index in [9.17, 15) is 4.79 Å². The Hall–Kier alpha value is -1.24. The van der Waals surface area contributed by atoms with Crippen LogP contribution in [0.15, 0.2) is 28.1 Å². The van der Waals surface area contributed by atoms with Gasteiger partial charge in [0, 0.05) is 20.3 Å². The lowest BCUT2D eigenvalue weighted by Crippen LogP contribution is -2.22. The predicted octanol–water partition coefficient (Wildman–Crippen LogP) is 3.82. The predicted molar refractivity (Wildman–Crippen MR) is 80.8 cm³/mol. The maximum Gasteiger partial charge on any atom is 0.251 e. The van der Waals surface area contributed by atoms with E-state index in [0.717, 1.165) is 9.35 Å². The third-order valence-electron chi connectivity index (χ3n) is 2.73. The van der Waals surface area contributed by atoms with Crippen LogP contribution in [-0.2, 0) is 6.54 Å². The number of nitrogens with one attached hydrogen (secondary N) is 1. The van der Waals surface area contributed by atoms with Gasteiger partial charge in [0.1, 0.15) is 0 Å². The van der Waals surface area contributed by atoms with Gasteiger partial charge < -0.3 is 14.8 Å². The fourth-order valence-electron chi connectivity index (χ4n) is 1.81. The Morgan fingerprint density at radius 3 is 3.00 bits per heavy atom. The average molecular weight is 375 g/mol. The van der Waals surface area contributed by atoms with Crippen molar-refractivity contribution in [3.8, 4) is 11.5 Å². The number of benzene rings is 1. The fraction of sp³-hybridized carbons (Fsp3) is 0.154. The van der Waals surface area contributed by atoms with Gasteiger partial charge in [-0.15, -0.1) is 11.3 Å². The molecule has 4 nitrogen and oxygen atoms in total. The molecule has 0 aliphatic carbocycles. The number of thiophene rings is 1. The standard InChI is InChI=1S/C13H9BrClNO3S/c14-8-3-9(20-5-8)4-16-13(17)7-1-10(15)12-11(2-7)18-6-19-12/h1-3,5H,4,6H2,(H,16,17). The minimum absolute atomic E-state index is 0.128. The van der Waals surface area contributed by atoms with Gasteiger partial charge in [0.05, 0.1) is 11.6 Å². The highest BCUT2D eigenvalue weighted by Gasteiger charge is 2.20. The van der Waals surface area contributed by atoms with E-state index in [1.165, 1.54) is 0 Å². The van der Waals surface area contributed by atoms with Crippen LogP contribution >= 0.6 is 38.9 Å². The number of hydrogen-bond acceptors (Lipinski definition) is 4. The number of carbonyl (C=O) groups excluding carboxylic acids is 1. The van der Waals surface area contributed by atoms with Gasteiger partial charge in [-0.25, -0.2) is 0 Å². The summed E-state index contributed by atoms with van der Waals surface area (Å²) in [5.41, 5.74) is 0.454. The van der Waals surface area contributed by atoms with Crippen molar-refractivity contribution in [2.75, 3.05) is 6.79 Å². The van der Waals surface area contributed by atoms with Crippen LogP contribution in [-0.4, -0.2) is 12.7 Å². The molecular weight excluding hydrogens is 366 g/mol. The number of hydrogen-bond donors (Lipinski definition) is 1. The molecule has 104 valence electrons. The van der Waals surface area contributed by atoms with Gasteiger partial charge in [0.15, 0.2) is 11.5 Å². The largest absolute Gasteiger partial charge is 0.454 e. The van der Waals surface area contributed by atoms with Crippen molar-refractivity contribution in [2.24, 2.45) is 0 Å². The second kappa shape index (κ2) is 5.63. The van der Waals surface area contributed by atoms with Gasteiger partial charge in [0.25, 0.3) is 5.91 Å². The van der Waals surface area contributed by atoms with Gasteiger partial charge >= 0.3 is 0 Å². The highest BCUT2D eigenvalue weighted by Crippen LogP contribution is 2.39. The molecule has 0 radical (unpaired) electrons. The van der Waals surface area contributed by atoms with E-state index < -0.39 is 0 Å². The summed E-state index contributed by atoms with van der Waals surface area (Å²) in [5.74, 6) is 0.793. The van der Waals surface area contributed by atoms with Gasteiger partial charge in [-0.3, -0.25) is 4.79 Å². The zero-order valence-corrected chi connectivity index (χ0v) is 13.3. The first-order valence-electron chi connectivity index (χ1n) is 5.74.